The third-order valence-corrected chi connectivity index (χ3v) is 5.12. The number of nitriles is 1. The Morgan fingerprint density at radius 2 is 2.03 bits per heavy atom. The first-order chi connectivity index (χ1) is 15.9. The molecule has 33 heavy (non-hydrogen) atoms. The van der Waals surface area contributed by atoms with Crippen molar-refractivity contribution in [3.63, 3.8) is 0 Å². The Labute approximate surface area is 189 Å². The lowest BCUT2D eigenvalue weighted by atomic mass is 10.1. The number of unbranched alkanes of at least 4 members (excludes halogenated alkanes) is 3. The number of aryl methyl sites for hydroxylation is 1. The van der Waals surface area contributed by atoms with Crippen molar-refractivity contribution in [2.24, 2.45) is 0 Å². The zero-order valence-corrected chi connectivity index (χ0v) is 18.4. The first kappa shape index (κ1) is 23.8. The number of fused-ring (bicyclic) bond motifs is 1. The van der Waals surface area contributed by atoms with E-state index >= 15 is 4.39 Å². The molecule has 0 aliphatic carbocycles. The van der Waals surface area contributed by atoms with Crippen molar-refractivity contribution < 1.29 is 23.1 Å². The third-order valence-electron chi connectivity index (χ3n) is 5.12. The van der Waals surface area contributed by atoms with E-state index in [-0.39, 0.29) is 29.9 Å². The summed E-state index contributed by atoms with van der Waals surface area (Å²) in [5.74, 6) is -2.31. The van der Waals surface area contributed by atoms with Crippen molar-refractivity contribution in [2.45, 2.75) is 52.5 Å². The number of hydrogen-bond acceptors (Lipinski definition) is 6. The SMILES string of the molecule is CCCCCCn1c(N(COC(=O)n2ccnc2)C(=O)CC)nc2c(F)cc(C#N)c(F)c21. The molecule has 0 unspecified atom stereocenters. The first-order valence-electron chi connectivity index (χ1n) is 10.7. The van der Waals surface area contributed by atoms with Crippen molar-refractivity contribution in [3.8, 4) is 6.07 Å². The summed E-state index contributed by atoms with van der Waals surface area (Å²) in [6, 6.07) is 2.42. The number of carbonyl (C=O) groups excluding carboxylic acids is 2. The number of hydrogen-bond donors (Lipinski definition) is 0. The van der Waals surface area contributed by atoms with Crippen LogP contribution in [0.15, 0.2) is 24.8 Å². The van der Waals surface area contributed by atoms with Gasteiger partial charge in [-0.1, -0.05) is 33.1 Å². The summed E-state index contributed by atoms with van der Waals surface area (Å²) in [4.78, 5) is 34.0. The molecule has 0 saturated carbocycles. The summed E-state index contributed by atoms with van der Waals surface area (Å²) < 4.78 is 37.5. The van der Waals surface area contributed by atoms with Crippen LogP contribution >= 0.6 is 0 Å². The number of anilines is 1. The Morgan fingerprint density at radius 3 is 2.67 bits per heavy atom. The number of benzene rings is 1. The summed E-state index contributed by atoms with van der Waals surface area (Å²) in [7, 11) is 0. The average Bonchev–Trinajstić information content (AvgIpc) is 3.48. The maximum absolute atomic E-state index is 15.1. The molecule has 0 saturated heterocycles. The molecule has 0 aliphatic rings. The highest BCUT2D eigenvalue weighted by atomic mass is 19.1. The Morgan fingerprint density at radius 1 is 1.24 bits per heavy atom. The van der Waals surface area contributed by atoms with E-state index in [1.807, 2.05) is 6.92 Å². The summed E-state index contributed by atoms with van der Waals surface area (Å²) in [5, 5.41) is 9.20. The molecule has 0 aliphatic heterocycles. The lowest BCUT2D eigenvalue weighted by Crippen LogP contribution is -2.36. The molecule has 11 heteroatoms. The second-order valence-electron chi connectivity index (χ2n) is 7.34. The number of carbonyl (C=O) groups is 2. The van der Waals surface area contributed by atoms with Gasteiger partial charge in [-0.25, -0.2) is 33.0 Å². The van der Waals surface area contributed by atoms with Crippen LogP contribution in [0.3, 0.4) is 0 Å². The van der Waals surface area contributed by atoms with E-state index in [4.69, 9.17) is 4.74 Å². The van der Waals surface area contributed by atoms with Crippen molar-refractivity contribution in [2.75, 3.05) is 11.6 Å². The van der Waals surface area contributed by atoms with E-state index in [9.17, 15) is 19.2 Å². The van der Waals surface area contributed by atoms with Gasteiger partial charge in [0.1, 0.15) is 23.4 Å². The normalized spacial score (nSPS) is 10.9. The zero-order chi connectivity index (χ0) is 24.0. The molecule has 2 heterocycles. The minimum absolute atomic E-state index is 0.0378. The van der Waals surface area contributed by atoms with Gasteiger partial charge in [-0.2, -0.15) is 5.26 Å². The van der Waals surface area contributed by atoms with Gasteiger partial charge >= 0.3 is 6.09 Å². The van der Waals surface area contributed by atoms with Gasteiger partial charge in [0.15, 0.2) is 18.4 Å². The maximum Gasteiger partial charge on any atom is 0.420 e. The molecule has 3 rings (SSSR count). The molecule has 0 bridgehead atoms. The van der Waals surface area contributed by atoms with Gasteiger partial charge in [0.25, 0.3) is 0 Å². The monoisotopic (exact) mass is 458 g/mol. The second-order valence-corrected chi connectivity index (χ2v) is 7.34. The number of nitrogens with zero attached hydrogens (tertiary/aromatic N) is 6. The Balaban J connectivity index is 2.06. The number of amides is 1. The fourth-order valence-electron chi connectivity index (χ4n) is 3.41. The highest BCUT2D eigenvalue weighted by molar-refractivity contribution is 5.94. The fourth-order valence-corrected chi connectivity index (χ4v) is 3.41. The lowest BCUT2D eigenvalue weighted by Gasteiger charge is -2.22. The zero-order valence-electron chi connectivity index (χ0n) is 18.4. The predicted molar refractivity (Wildman–Crippen MR) is 115 cm³/mol. The summed E-state index contributed by atoms with van der Waals surface area (Å²) in [6.07, 6.45) is 6.64. The number of rotatable bonds is 9. The second kappa shape index (κ2) is 10.7. The molecule has 0 fully saturated rings. The Kier molecular flexibility index (Phi) is 7.71. The molecule has 174 valence electrons. The van der Waals surface area contributed by atoms with Crippen LogP contribution in [-0.4, -0.2) is 37.8 Å². The molecule has 0 atom stereocenters. The van der Waals surface area contributed by atoms with Gasteiger partial charge in [0.05, 0.1) is 5.56 Å². The summed E-state index contributed by atoms with van der Waals surface area (Å²) in [6.45, 7) is 3.37. The lowest BCUT2D eigenvalue weighted by molar-refractivity contribution is -0.119. The number of halogens is 2. The van der Waals surface area contributed by atoms with E-state index < -0.39 is 35.9 Å². The van der Waals surface area contributed by atoms with Crippen LogP contribution in [0.1, 0.15) is 51.5 Å². The highest BCUT2D eigenvalue weighted by Crippen LogP contribution is 2.30. The number of aromatic nitrogens is 4. The van der Waals surface area contributed by atoms with Gasteiger partial charge in [-0.15, -0.1) is 0 Å². The van der Waals surface area contributed by atoms with Crippen LogP contribution in [0.5, 0.6) is 0 Å². The molecular formula is C22H24F2N6O3. The van der Waals surface area contributed by atoms with Crippen LogP contribution in [-0.2, 0) is 16.1 Å². The van der Waals surface area contributed by atoms with Gasteiger partial charge in [-0.05, 0) is 12.5 Å². The quantitative estimate of drug-likeness (QED) is 0.349. The Hall–Kier alpha value is -3.81. The molecule has 3 aromatic rings. The standard InChI is InChI=1S/C22H24F2N6O3/c1-3-5-6-7-9-29-20-18(24)15(12-25)11-16(23)19(20)27-21(29)30(17(31)4-2)14-33-22(32)28-10-8-26-13-28/h8,10-11,13H,3-7,9,14H2,1-2H3. The maximum atomic E-state index is 15.1. The largest absolute Gasteiger partial charge is 0.427 e. The smallest absolute Gasteiger partial charge is 0.420 e. The van der Waals surface area contributed by atoms with Crippen LogP contribution in [0.25, 0.3) is 11.0 Å². The van der Waals surface area contributed by atoms with E-state index in [0.29, 0.717) is 6.42 Å². The van der Waals surface area contributed by atoms with E-state index in [0.717, 1.165) is 34.8 Å². The van der Waals surface area contributed by atoms with Crippen molar-refractivity contribution in [1.82, 2.24) is 19.1 Å². The molecular weight excluding hydrogens is 434 g/mol. The minimum atomic E-state index is -0.914. The van der Waals surface area contributed by atoms with Gasteiger partial charge in [0, 0.05) is 25.4 Å². The number of imidazole rings is 2. The van der Waals surface area contributed by atoms with Gasteiger partial charge < -0.3 is 9.30 Å². The van der Waals surface area contributed by atoms with Crippen molar-refractivity contribution >= 4 is 29.0 Å². The third kappa shape index (κ3) is 5.00. The van der Waals surface area contributed by atoms with Crippen molar-refractivity contribution in [1.29, 1.82) is 5.26 Å². The predicted octanol–water partition coefficient (Wildman–Crippen LogP) is 4.35. The molecule has 0 radical (unpaired) electrons. The Bertz CT molecular complexity index is 1180. The molecule has 2 aromatic heterocycles. The average molecular weight is 458 g/mol. The van der Waals surface area contributed by atoms with Crippen LogP contribution in [0.2, 0.25) is 0 Å². The van der Waals surface area contributed by atoms with E-state index in [1.165, 1.54) is 23.3 Å². The molecule has 9 nitrogen and oxygen atoms in total. The molecule has 0 N–H and O–H groups in total. The highest BCUT2D eigenvalue weighted by Gasteiger charge is 2.27. The van der Waals surface area contributed by atoms with Gasteiger partial charge in [0.2, 0.25) is 11.9 Å². The minimum Gasteiger partial charge on any atom is -0.427 e. The fraction of sp³-hybridized carbons (Fsp3) is 0.409. The van der Waals surface area contributed by atoms with Crippen LogP contribution in [0, 0.1) is 23.0 Å². The van der Waals surface area contributed by atoms with E-state index in [1.54, 1.807) is 13.0 Å². The summed E-state index contributed by atoms with van der Waals surface area (Å²) in [5.41, 5.74) is -0.958. The van der Waals surface area contributed by atoms with Gasteiger partial charge in [-0.3, -0.25) is 4.79 Å². The first-order valence-corrected chi connectivity index (χ1v) is 10.7. The van der Waals surface area contributed by atoms with E-state index in [2.05, 4.69) is 9.97 Å². The molecule has 1 aromatic carbocycles. The molecule has 0 spiro atoms. The topological polar surface area (TPSA) is 106 Å². The van der Waals surface area contributed by atoms with Crippen LogP contribution < -0.4 is 4.90 Å². The summed E-state index contributed by atoms with van der Waals surface area (Å²) >= 11 is 0. The van der Waals surface area contributed by atoms with Crippen molar-refractivity contribution in [3.05, 3.63) is 42.0 Å². The number of ether oxygens (including phenoxy) is 1. The molecule has 1 amide bonds. The van der Waals surface area contributed by atoms with Crippen LogP contribution in [0.4, 0.5) is 19.5 Å².